The Morgan fingerprint density at radius 3 is 2.82 bits per heavy atom. The van der Waals surface area contributed by atoms with E-state index in [9.17, 15) is 18.0 Å². The zero-order valence-corrected chi connectivity index (χ0v) is 22.5. The minimum absolute atomic E-state index is 0.113. The largest absolute Gasteiger partial charge is 0.468 e. The summed E-state index contributed by atoms with van der Waals surface area (Å²) in [7, 11) is -0.399. The van der Waals surface area contributed by atoms with Gasteiger partial charge in [0.15, 0.2) is 22.3 Å². The lowest BCUT2D eigenvalue weighted by atomic mass is 9.89. The van der Waals surface area contributed by atoms with E-state index in [2.05, 4.69) is 20.6 Å². The third kappa shape index (κ3) is 5.27. The quantitative estimate of drug-likeness (QED) is 0.315. The minimum Gasteiger partial charge on any atom is -0.468 e. The molecule has 1 aliphatic carbocycles. The highest BCUT2D eigenvalue weighted by Gasteiger charge is 2.46. The van der Waals surface area contributed by atoms with Crippen LogP contribution in [0.5, 0.6) is 5.75 Å². The summed E-state index contributed by atoms with van der Waals surface area (Å²) in [5, 5.41) is 10.5. The van der Waals surface area contributed by atoms with Crippen LogP contribution in [0.25, 0.3) is 11.4 Å². The maximum Gasteiger partial charge on any atom is 0.272 e. The van der Waals surface area contributed by atoms with Crippen LogP contribution in [0.2, 0.25) is 0 Å². The number of carbonyl (C=O) groups is 2. The summed E-state index contributed by atoms with van der Waals surface area (Å²) in [4.78, 5) is 34.7. The second-order valence-electron chi connectivity index (χ2n) is 9.62. The average Bonchev–Trinajstić information content (AvgIpc) is 3.40. The van der Waals surface area contributed by atoms with Crippen molar-refractivity contribution in [3.63, 3.8) is 0 Å². The van der Waals surface area contributed by atoms with Crippen LogP contribution >= 0.6 is 0 Å². The van der Waals surface area contributed by atoms with Crippen LogP contribution in [0.1, 0.15) is 33.6 Å². The third-order valence-corrected chi connectivity index (χ3v) is 7.45. The SMILES string of the molecule is CN=Cc1ccc(-c2nn3c(c2NC(=O)CS(C)(=O)=O)C(=O)NC2(CCc4cc(OCOC)ccc42)C3)nc1. The second kappa shape index (κ2) is 10.2. The maximum atomic E-state index is 13.6. The molecule has 13 heteroatoms. The van der Waals surface area contributed by atoms with Crippen LogP contribution in [0.4, 0.5) is 5.69 Å². The summed E-state index contributed by atoms with van der Waals surface area (Å²) in [6.07, 6.45) is 5.58. The van der Waals surface area contributed by atoms with Crippen molar-refractivity contribution in [2.24, 2.45) is 4.99 Å². The van der Waals surface area contributed by atoms with Gasteiger partial charge in [0.2, 0.25) is 5.91 Å². The Morgan fingerprint density at radius 2 is 2.13 bits per heavy atom. The molecule has 3 aromatic rings. The monoisotopic (exact) mass is 552 g/mol. The number of carbonyl (C=O) groups excluding carboxylic acids is 2. The number of rotatable bonds is 8. The number of aromatic nitrogens is 3. The zero-order chi connectivity index (χ0) is 27.8. The Balaban J connectivity index is 1.55. The van der Waals surface area contributed by atoms with Gasteiger partial charge in [-0.15, -0.1) is 0 Å². The highest BCUT2D eigenvalue weighted by molar-refractivity contribution is 7.91. The molecule has 0 radical (unpaired) electrons. The van der Waals surface area contributed by atoms with E-state index in [1.54, 1.807) is 43.4 Å². The van der Waals surface area contributed by atoms with Gasteiger partial charge in [-0.25, -0.2) is 8.42 Å². The highest BCUT2D eigenvalue weighted by Crippen LogP contribution is 2.43. The molecule has 0 saturated heterocycles. The Kier molecular flexibility index (Phi) is 6.95. The van der Waals surface area contributed by atoms with E-state index in [0.29, 0.717) is 24.4 Å². The lowest BCUT2D eigenvalue weighted by Crippen LogP contribution is -2.52. The average molecular weight is 553 g/mol. The second-order valence-corrected chi connectivity index (χ2v) is 11.8. The number of aliphatic imine (C=N–C) groups is 1. The molecule has 1 aromatic carbocycles. The number of aryl methyl sites for hydroxylation is 1. The molecule has 1 spiro atoms. The molecule has 0 fully saturated rings. The molecule has 0 bridgehead atoms. The molecule has 39 heavy (non-hydrogen) atoms. The summed E-state index contributed by atoms with van der Waals surface area (Å²) < 4.78 is 35.6. The topological polar surface area (TPSA) is 154 Å². The van der Waals surface area contributed by atoms with Crippen LogP contribution in [0, 0.1) is 0 Å². The lowest BCUT2D eigenvalue weighted by molar-refractivity contribution is -0.113. The molecule has 5 rings (SSSR count). The Hall–Kier alpha value is -4.10. The van der Waals surface area contributed by atoms with Gasteiger partial charge in [-0.1, -0.05) is 6.07 Å². The molecule has 3 heterocycles. The van der Waals surface area contributed by atoms with Gasteiger partial charge in [0.25, 0.3) is 5.91 Å². The summed E-state index contributed by atoms with van der Waals surface area (Å²) in [6.45, 7) is 0.447. The number of amides is 2. The molecule has 204 valence electrons. The van der Waals surface area contributed by atoms with Crippen LogP contribution < -0.4 is 15.4 Å². The number of sulfone groups is 1. The number of pyridine rings is 1. The fraction of sp³-hybridized carbons (Fsp3) is 0.346. The number of ether oxygens (including phenoxy) is 2. The maximum absolute atomic E-state index is 13.6. The summed E-state index contributed by atoms with van der Waals surface area (Å²) in [5.41, 5.74) is 3.00. The molecular weight excluding hydrogens is 524 g/mol. The zero-order valence-electron chi connectivity index (χ0n) is 21.7. The molecule has 1 unspecified atom stereocenters. The van der Waals surface area contributed by atoms with Crippen molar-refractivity contribution in [3.8, 4) is 17.1 Å². The molecule has 12 nitrogen and oxygen atoms in total. The summed E-state index contributed by atoms with van der Waals surface area (Å²) >= 11 is 0. The van der Waals surface area contributed by atoms with Crippen molar-refractivity contribution >= 4 is 33.6 Å². The van der Waals surface area contributed by atoms with Gasteiger partial charge in [-0.05, 0) is 48.2 Å². The highest BCUT2D eigenvalue weighted by atomic mass is 32.2. The van der Waals surface area contributed by atoms with Crippen LogP contribution in [0.3, 0.4) is 0 Å². The number of anilines is 1. The number of hydrogen-bond acceptors (Lipinski definition) is 9. The molecule has 2 aliphatic rings. The van der Waals surface area contributed by atoms with Gasteiger partial charge in [0, 0.05) is 38.4 Å². The lowest BCUT2D eigenvalue weighted by Gasteiger charge is -2.36. The van der Waals surface area contributed by atoms with E-state index in [4.69, 9.17) is 14.6 Å². The number of methoxy groups -OCH3 is 1. The van der Waals surface area contributed by atoms with Gasteiger partial charge >= 0.3 is 0 Å². The van der Waals surface area contributed by atoms with E-state index in [1.807, 2.05) is 18.2 Å². The van der Waals surface area contributed by atoms with Gasteiger partial charge in [-0.2, -0.15) is 5.10 Å². The van der Waals surface area contributed by atoms with Crippen molar-refractivity contribution in [3.05, 3.63) is 58.9 Å². The number of benzene rings is 1. The van der Waals surface area contributed by atoms with Crippen LogP contribution in [-0.4, -0.2) is 74.2 Å². The number of fused-ring (bicyclic) bond motifs is 3. The summed E-state index contributed by atoms with van der Waals surface area (Å²) in [5.74, 6) is -1.26. The van der Waals surface area contributed by atoms with E-state index >= 15 is 0 Å². The Bertz CT molecular complexity index is 1580. The third-order valence-electron chi connectivity index (χ3n) is 6.66. The van der Waals surface area contributed by atoms with E-state index < -0.39 is 32.9 Å². The molecule has 2 amide bonds. The fourth-order valence-corrected chi connectivity index (χ4v) is 5.65. The number of nitrogens with zero attached hydrogens (tertiary/aromatic N) is 4. The predicted octanol–water partition coefficient (Wildman–Crippen LogP) is 1.54. The Morgan fingerprint density at radius 1 is 1.31 bits per heavy atom. The molecule has 1 aliphatic heterocycles. The molecular formula is C26H28N6O6S. The van der Waals surface area contributed by atoms with Crippen molar-refractivity contribution in [2.45, 2.75) is 24.9 Å². The minimum atomic E-state index is -3.60. The van der Waals surface area contributed by atoms with Gasteiger partial charge in [-0.3, -0.25) is 24.2 Å². The molecule has 2 N–H and O–H groups in total. The van der Waals surface area contributed by atoms with Gasteiger partial charge < -0.3 is 20.1 Å². The Labute approximate surface area is 225 Å². The van der Waals surface area contributed by atoms with Crippen molar-refractivity contribution < 1.29 is 27.5 Å². The van der Waals surface area contributed by atoms with E-state index in [-0.39, 0.29) is 23.9 Å². The number of hydrogen-bond donors (Lipinski definition) is 2. The van der Waals surface area contributed by atoms with Crippen LogP contribution in [0.15, 0.2) is 41.5 Å². The molecule has 2 aromatic heterocycles. The van der Waals surface area contributed by atoms with Crippen molar-refractivity contribution in [2.75, 3.05) is 38.3 Å². The fourth-order valence-electron chi connectivity index (χ4n) is 5.10. The van der Waals surface area contributed by atoms with Gasteiger partial charge in [0.1, 0.15) is 22.9 Å². The molecule has 1 atom stereocenters. The number of nitrogens with one attached hydrogen (secondary N) is 2. The smallest absolute Gasteiger partial charge is 0.272 e. The van der Waals surface area contributed by atoms with E-state index in [0.717, 1.165) is 29.4 Å². The van der Waals surface area contributed by atoms with Crippen LogP contribution in [-0.2, 0) is 37.9 Å². The van der Waals surface area contributed by atoms with Gasteiger partial charge in [0.05, 0.1) is 17.8 Å². The van der Waals surface area contributed by atoms with Crippen molar-refractivity contribution in [1.29, 1.82) is 0 Å². The standard InChI is InChI=1S/C26H28N6O6S/c1-27-11-16-4-7-20(28-12-16)22-23(29-21(33)13-39(3,35)36)24-25(34)30-26(14-32(24)31-22)9-8-17-10-18(38-15-37-2)5-6-19(17)26/h4-7,10-12H,8-9,13-15H2,1-3H3,(H,29,33)(H,30,34). The first-order chi connectivity index (χ1) is 18.6. The summed E-state index contributed by atoms with van der Waals surface area (Å²) in [6, 6.07) is 9.21. The first kappa shape index (κ1) is 26.5. The first-order valence-corrected chi connectivity index (χ1v) is 14.2. The van der Waals surface area contributed by atoms with Crippen molar-refractivity contribution in [1.82, 2.24) is 20.1 Å². The van der Waals surface area contributed by atoms with E-state index in [1.165, 1.54) is 0 Å². The predicted molar refractivity (Wildman–Crippen MR) is 144 cm³/mol. The molecule has 0 saturated carbocycles. The normalized spacial score (nSPS) is 18.2. The first-order valence-electron chi connectivity index (χ1n) is 12.2.